The number of aromatic nitrogens is 2. The van der Waals surface area contributed by atoms with Crippen LogP contribution < -0.4 is 15.2 Å². The van der Waals surface area contributed by atoms with Gasteiger partial charge in [-0.3, -0.25) is 23.7 Å². The van der Waals surface area contributed by atoms with E-state index in [-0.39, 0.29) is 23.5 Å². The molecule has 4 aromatic rings. The minimum absolute atomic E-state index is 0.00392. The number of aromatic amines is 1. The highest BCUT2D eigenvalue weighted by Gasteiger charge is 2.40. The van der Waals surface area contributed by atoms with E-state index in [4.69, 9.17) is 26.0 Å². The van der Waals surface area contributed by atoms with Crippen LogP contribution in [0.2, 0.25) is 0 Å². The number of nitrogens with one attached hydrogen (secondary N) is 2. The number of hydrogen-bond donors (Lipinski definition) is 5. The molecule has 2 unspecified atom stereocenters. The summed E-state index contributed by atoms with van der Waals surface area (Å²) in [4.78, 5) is 26.6. The minimum atomic E-state index is -4.32. The number of carbonyl (C=O) groups excluding carboxylic acids is 1. The van der Waals surface area contributed by atoms with Crippen LogP contribution in [-0.2, 0) is 25.2 Å². The fraction of sp³-hybridized carbons (Fsp3) is 0.300. The first-order valence-corrected chi connectivity index (χ1v) is 15.6. The third-order valence-electron chi connectivity index (χ3n) is 6.86. The summed E-state index contributed by atoms with van der Waals surface area (Å²) in [6.45, 7) is 2.19. The number of fused-ring (bicyclic) bond motifs is 1. The molecule has 1 aromatic heterocycles. The summed E-state index contributed by atoms with van der Waals surface area (Å²) >= 11 is 5.04. The molecule has 5 N–H and O–H groups in total. The predicted octanol–water partition coefficient (Wildman–Crippen LogP) is 3.98. The van der Waals surface area contributed by atoms with Gasteiger partial charge in [0.15, 0.2) is 11.0 Å². The van der Waals surface area contributed by atoms with Crippen LogP contribution in [0.4, 0.5) is 0 Å². The summed E-state index contributed by atoms with van der Waals surface area (Å²) in [5, 5.41) is 36.6. The molecular formula is C30H34N3O9PS. The highest BCUT2D eigenvalue weighted by Crippen LogP contribution is 2.47. The molecular weight excluding hydrogens is 609 g/mol. The molecule has 14 heteroatoms. The van der Waals surface area contributed by atoms with E-state index in [1.54, 1.807) is 36.4 Å². The topological polar surface area (TPSA) is 172 Å². The van der Waals surface area contributed by atoms with Gasteiger partial charge in [0.2, 0.25) is 0 Å². The van der Waals surface area contributed by atoms with Crippen molar-refractivity contribution in [2.75, 3.05) is 6.61 Å². The molecule has 0 saturated carbocycles. The molecule has 0 spiro atoms. The van der Waals surface area contributed by atoms with Gasteiger partial charge in [0.25, 0.3) is 5.56 Å². The second-order valence-corrected chi connectivity index (χ2v) is 12.3. The number of nitrogens with zero attached hydrogens (tertiary/aromatic N) is 1. The SMILES string of the molecule is C[C@H](NP(=O)(OCCC(O)[C@@](C)(O)[C@@H](O)n1ccc(=O)[nH]c1=S)Oc1cccc2ccccc12)C(=O)OCc1ccccc1. The van der Waals surface area contributed by atoms with Crippen LogP contribution >= 0.6 is 20.0 Å². The normalized spacial score (nSPS) is 16.3. The van der Waals surface area contributed by atoms with Crippen molar-refractivity contribution >= 4 is 36.7 Å². The van der Waals surface area contributed by atoms with Gasteiger partial charge in [0.05, 0.1) is 12.7 Å². The molecule has 5 atom stereocenters. The van der Waals surface area contributed by atoms with E-state index in [0.717, 1.165) is 21.6 Å². The van der Waals surface area contributed by atoms with Gasteiger partial charge in [0, 0.05) is 24.1 Å². The second-order valence-electron chi connectivity index (χ2n) is 10.3. The van der Waals surface area contributed by atoms with Gasteiger partial charge in [-0.05, 0) is 43.1 Å². The highest BCUT2D eigenvalue weighted by molar-refractivity contribution is 7.71. The van der Waals surface area contributed by atoms with Crippen LogP contribution in [0.5, 0.6) is 5.75 Å². The number of H-pyrrole nitrogens is 1. The maximum Gasteiger partial charge on any atom is 0.459 e. The lowest BCUT2D eigenvalue weighted by atomic mass is 9.94. The molecule has 234 valence electrons. The molecule has 0 aliphatic heterocycles. The summed E-state index contributed by atoms with van der Waals surface area (Å²) in [6.07, 6.45) is -2.51. The standard InChI is InChI=1S/C30H34N3O9PS/c1-20(27(36)40-19-21-9-4-3-5-10-21)32-43(39,42-24-14-8-12-22-11-6-7-13-23(22)24)41-18-16-25(34)30(2,38)28(37)33-17-15-26(35)31-29(33)44/h3-15,17,20,25,28,34,37-38H,16,18-19H2,1-2H3,(H,32,39)(H,31,35,44)/t20-,25?,28+,30+,43?/m0/s1. The molecule has 4 rings (SSSR count). The van der Waals surface area contributed by atoms with Crippen LogP contribution in [0, 0.1) is 4.77 Å². The Balaban J connectivity index is 1.49. The third-order valence-corrected chi connectivity index (χ3v) is 8.84. The first kappa shape index (κ1) is 33.2. The van der Waals surface area contributed by atoms with Crippen LogP contribution in [0.25, 0.3) is 10.8 Å². The molecule has 0 aliphatic rings. The Bertz CT molecular complexity index is 1740. The number of benzene rings is 3. The zero-order valence-electron chi connectivity index (χ0n) is 24.0. The molecule has 1 heterocycles. The van der Waals surface area contributed by atoms with Crippen molar-refractivity contribution in [1.29, 1.82) is 0 Å². The summed E-state index contributed by atoms with van der Waals surface area (Å²) in [5.74, 6) is -0.484. The summed E-state index contributed by atoms with van der Waals surface area (Å²) in [5.41, 5.74) is -1.91. The monoisotopic (exact) mass is 643 g/mol. The van der Waals surface area contributed by atoms with Gasteiger partial charge in [-0.25, -0.2) is 4.57 Å². The molecule has 44 heavy (non-hydrogen) atoms. The van der Waals surface area contributed by atoms with Gasteiger partial charge in [0.1, 0.15) is 24.0 Å². The number of aliphatic hydroxyl groups excluding tert-OH is 2. The molecule has 0 bridgehead atoms. The zero-order valence-corrected chi connectivity index (χ0v) is 25.7. The van der Waals surface area contributed by atoms with Crippen LogP contribution in [0.1, 0.15) is 32.1 Å². The highest BCUT2D eigenvalue weighted by atomic mass is 32.1. The van der Waals surface area contributed by atoms with Gasteiger partial charge in [-0.2, -0.15) is 5.09 Å². The molecule has 0 radical (unpaired) electrons. The Morgan fingerprint density at radius 1 is 1.07 bits per heavy atom. The average molecular weight is 644 g/mol. The van der Waals surface area contributed by atoms with E-state index in [1.807, 2.05) is 36.4 Å². The van der Waals surface area contributed by atoms with Crippen molar-refractivity contribution in [1.82, 2.24) is 14.6 Å². The number of aliphatic hydroxyl groups is 3. The lowest BCUT2D eigenvalue weighted by molar-refractivity contribution is -0.167. The van der Waals surface area contributed by atoms with Gasteiger partial charge < -0.3 is 24.6 Å². The Morgan fingerprint density at radius 2 is 1.75 bits per heavy atom. The van der Waals surface area contributed by atoms with E-state index in [9.17, 15) is 29.5 Å². The van der Waals surface area contributed by atoms with E-state index in [2.05, 4.69) is 10.1 Å². The Hall–Kier alpha value is -3.68. The molecule has 3 aromatic carbocycles. The van der Waals surface area contributed by atoms with Crippen molar-refractivity contribution in [2.45, 2.75) is 50.8 Å². The van der Waals surface area contributed by atoms with Gasteiger partial charge >= 0.3 is 13.7 Å². The Morgan fingerprint density at radius 3 is 2.48 bits per heavy atom. The lowest BCUT2D eigenvalue weighted by Crippen LogP contribution is -2.48. The predicted molar refractivity (Wildman–Crippen MR) is 165 cm³/mol. The van der Waals surface area contributed by atoms with Gasteiger partial charge in [-0.15, -0.1) is 0 Å². The Kier molecular flexibility index (Phi) is 10.9. The van der Waals surface area contributed by atoms with E-state index in [0.29, 0.717) is 5.39 Å². The van der Waals surface area contributed by atoms with E-state index >= 15 is 0 Å². The van der Waals surface area contributed by atoms with Crippen molar-refractivity contribution in [3.63, 3.8) is 0 Å². The van der Waals surface area contributed by atoms with Crippen molar-refractivity contribution in [3.8, 4) is 5.75 Å². The first-order chi connectivity index (χ1) is 20.9. The summed E-state index contributed by atoms with van der Waals surface area (Å²) < 4.78 is 31.8. The molecule has 0 fully saturated rings. The number of carbonyl (C=O) groups is 1. The van der Waals surface area contributed by atoms with Crippen molar-refractivity contribution in [2.24, 2.45) is 0 Å². The second kappa shape index (κ2) is 14.4. The van der Waals surface area contributed by atoms with Gasteiger partial charge in [-0.1, -0.05) is 66.7 Å². The maximum atomic E-state index is 14.1. The van der Waals surface area contributed by atoms with Crippen molar-refractivity contribution in [3.05, 3.63) is 106 Å². The van der Waals surface area contributed by atoms with Crippen LogP contribution in [-0.4, -0.2) is 55.2 Å². The van der Waals surface area contributed by atoms with Crippen LogP contribution in [0.15, 0.2) is 89.9 Å². The summed E-state index contributed by atoms with van der Waals surface area (Å²) in [6, 6.07) is 21.4. The summed E-state index contributed by atoms with van der Waals surface area (Å²) in [7, 11) is -4.32. The van der Waals surface area contributed by atoms with Crippen molar-refractivity contribution < 1.29 is 38.5 Å². The Labute approximate surface area is 258 Å². The minimum Gasteiger partial charge on any atom is -0.460 e. The fourth-order valence-corrected chi connectivity index (χ4v) is 6.07. The lowest BCUT2D eigenvalue weighted by Gasteiger charge is -2.34. The molecule has 0 amide bonds. The zero-order chi connectivity index (χ0) is 31.9. The number of hydrogen-bond acceptors (Lipinski definition) is 10. The molecule has 0 saturated heterocycles. The average Bonchev–Trinajstić information content (AvgIpc) is 3.00. The first-order valence-electron chi connectivity index (χ1n) is 13.7. The van der Waals surface area contributed by atoms with E-state index in [1.165, 1.54) is 20.0 Å². The smallest absolute Gasteiger partial charge is 0.459 e. The third kappa shape index (κ3) is 8.27. The van der Waals surface area contributed by atoms with E-state index < -0.39 is 49.9 Å². The number of rotatable bonds is 14. The fourth-order valence-electron chi connectivity index (χ4n) is 4.29. The number of esters is 1. The molecule has 12 nitrogen and oxygen atoms in total. The maximum absolute atomic E-state index is 14.1. The van der Waals surface area contributed by atoms with Crippen LogP contribution in [0.3, 0.4) is 0 Å². The number of ether oxygens (including phenoxy) is 1. The molecule has 0 aliphatic carbocycles. The quantitative estimate of drug-likeness (QED) is 0.0765. The largest absolute Gasteiger partial charge is 0.460 e.